The molecule has 0 atom stereocenters. The Morgan fingerprint density at radius 1 is 1.23 bits per heavy atom. The first-order valence-electron chi connectivity index (χ1n) is 12.8. The number of aromatic amines is 1. The lowest BCUT2D eigenvalue weighted by Crippen LogP contribution is -2.43. The summed E-state index contributed by atoms with van der Waals surface area (Å²) in [5.41, 5.74) is 8.62. The normalized spacial score (nSPS) is 21.9. The fourth-order valence-corrected chi connectivity index (χ4v) is 5.86. The number of rotatable bonds is 5. The fourth-order valence-electron chi connectivity index (χ4n) is 5.86. The Morgan fingerprint density at radius 3 is 2.63 bits per heavy atom. The summed E-state index contributed by atoms with van der Waals surface area (Å²) in [5.74, 6) is 1.29. The first kappa shape index (κ1) is 23.8. The first-order valence-corrected chi connectivity index (χ1v) is 12.8. The highest BCUT2D eigenvalue weighted by Gasteiger charge is 2.29. The Kier molecular flexibility index (Phi) is 6.80. The predicted molar refractivity (Wildman–Crippen MR) is 144 cm³/mol. The van der Waals surface area contributed by atoms with Crippen LogP contribution in [-0.2, 0) is 4.74 Å². The molecular formula is C28H36N6O. The molecule has 0 aliphatic carbocycles. The number of H-pyrrole nitrogens is 1. The van der Waals surface area contributed by atoms with Gasteiger partial charge >= 0.3 is 0 Å². The summed E-state index contributed by atoms with van der Waals surface area (Å²) in [5, 5.41) is 7.22. The summed E-state index contributed by atoms with van der Waals surface area (Å²) in [7, 11) is 0. The second-order valence-electron chi connectivity index (χ2n) is 10.3. The van der Waals surface area contributed by atoms with Crippen molar-refractivity contribution in [2.24, 2.45) is 9.98 Å². The van der Waals surface area contributed by atoms with Crippen molar-refractivity contribution in [3.8, 4) is 0 Å². The molecule has 7 heteroatoms. The van der Waals surface area contributed by atoms with Crippen molar-refractivity contribution in [1.29, 1.82) is 5.41 Å². The number of likely N-dealkylation sites (tertiary alicyclic amines) is 1. The van der Waals surface area contributed by atoms with E-state index in [1.165, 1.54) is 16.8 Å². The largest absolute Gasteiger partial charge is 0.381 e. The average molecular weight is 473 g/mol. The number of fused-ring (bicyclic) bond motifs is 1. The number of pyridine rings is 1. The van der Waals surface area contributed by atoms with Crippen LogP contribution in [0, 0.1) is 12.3 Å². The van der Waals surface area contributed by atoms with E-state index in [0.717, 1.165) is 80.6 Å². The molecule has 0 spiro atoms. The van der Waals surface area contributed by atoms with Crippen molar-refractivity contribution in [2.45, 2.75) is 64.3 Å². The van der Waals surface area contributed by atoms with Crippen LogP contribution in [0.15, 0.2) is 34.3 Å². The lowest BCUT2D eigenvalue weighted by atomic mass is 9.89. The van der Waals surface area contributed by atoms with Crippen molar-refractivity contribution < 1.29 is 4.74 Å². The van der Waals surface area contributed by atoms with Crippen LogP contribution in [0.25, 0.3) is 16.6 Å². The molecule has 7 nitrogen and oxygen atoms in total. The molecule has 3 aliphatic heterocycles. The Labute approximate surface area is 207 Å². The standard InChI is InChI=1S/C28H36N6O/c1-17(2)24-26(21-13-19(4)28(30-15-21)31-16-29)32-23-14-18(3)25(33-27(23)24)20-5-9-34(10-6-20)22-7-11-35-12-8-22/h13-17,20,22,29,32H,4-12H2,1-3H3. The minimum atomic E-state index is 0.302. The van der Waals surface area contributed by atoms with E-state index in [4.69, 9.17) is 15.1 Å². The Hall–Kier alpha value is -2.90. The number of piperidine rings is 1. The number of aryl methyl sites for hydroxylation is 1. The summed E-state index contributed by atoms with van der Waals surface area (Å²) in [6.07, 6.45) is 9.46. The molecule has 5 heterocycles. The van der Waals surface area contributed by atoms with Crippen LogP contribution in [0.3, 0.4) is 0 Å². The molecule has 0 saturated carbocycles. The van der Waals surface area contributed by atoms with Crippen molar-refractivity contribution in [2.75, 3.05) is 26.3 Å². The maximum atomic E-state index is 7.22. The summed E-state index contributed by atoms with van der Waals surface area (Å²) in [4.78, 5) is 20.1. The van der Waals surface area contributed by atoms with Gasteiger partial charge in [-0.3, -0.25) is 10.4 Å². The van der Waals surface area contributed by atoms with Crippen LogP contribution >= 0.6 is 0 Å². The number of amidine groups is 1. The lowest BCUT2D eigenvalue weighted by Gasteiger charge is -2.39. The number of dihydropyridines is 1. The zero-order valence-corrected chi connectivity index (χ0v) is 21.1. The van der Waals surface area contributed by atoms with Gasteiger partial charge in [0.05, 0.1) is 16.7 Å². The number of hydrogen-bond acceptors (Lipinski definition) is 4. The van der Waals surface area contributed by atoms with Crippen LogP contribution in [0.4, 0.5) is 0 Å². The molecule has 184 valence electrons. The monoisotopic (exact) mass is 472 g/mol. The third kappa shape index (κ3) is 4.67. The maximum Gasteiger partial charge on any atom is 0.160 e. The zero-order valence-electron chi connectivity index (χ0n) is 21.1. The Morgan fingerprint density at radius 2 is 1.97 bits per heavy atom. The van der Waals surface area contributed by atoms with E-state index < -0.39 is 0 Å². The van der Waals surface area contributed by atoms with E-state index in [1.807, 2.05) is 12.3 Å². The van der Waals surface area contributed by atoms with Gasteiger partial charge in [0.1, 0.15) is 6.34 Å². The molecule has 2 saturated heterocycles. The molecule has 5 rings (SSSR count). The molecule has 2 N–H and O–H groups in total. The number of nitrogens with one attached hydrogen (secondary N) is 2. The number of ether oxygens (including phenoxy) is 1. The molecule has 2 aromatic heterocycles. The van der Waals surface area contributed by atoms with E-state index in [1.54, 1.807) is 0 Å². The summed E-state index contributed by atoms with van der Waals surface area (Å²) >= 11 is 0. The van der Waals surface area contributed by atoms with Crippen molar-refractivity contribution >= 4 is 35.0 Å². The Bertz CT molecular complexity index is 1220. The van der Waals surface area contributed by atoms with E-state index in [9.17, 15) is 0 Å². The van der Waals surface area contributed by atoms with E-state index in [2.05, 4.69) is 53.3 Å². The highest BCUT2D eigenvalue weighted by Crippen LogP contribution is 2.37. The molecule has 2 aromatic rings. The highest BCUT2D eigenvalue weighted by atomic mass is 16.5. The molecule has 0 aromatic carbocycles. The van der Waals surface area contributed by atoms with Gasteiger partial charge in [-0.2, -0.15) is 0 Å². The van der Waals surface area contributed by atoms with E-state index in [0.29, 0.717) is 29.3 Å². The molecule has 0 unspecified atom stereocenters. The fraction of sp³-hybridized carbons (Fsp3) is 0.500. The summed E-state index contributed by atoms with van der Waals surface area (Å²) in [6, 6.07) is 2.96. The van der Waals surface area contributed by atoms with E-state index in [-0.39, 0.29) is 0 Å². The van der Waals surface area contributed by atoms with Gasteiger partial charge in [0.15, 0.2) is 5.84 Å². The maximum absolute atomic E-state index is 7.22. The van der Waals surface area contributed by atoms with Gasteiger partial charge in [0, 0.05) is 53.8 Å². The van der Waals surface area contributed by atoms with Gasteiger partial charge in [-0.1, -0.05) is 20.4 Å². The second-order valence-corrected chi connectivity index (χ2v) is 10.3. The quantitative estimate of drug-likeness (QED) is 0.452. The third-order valence-electron chi connectivity index (χ3n) is 7.66. The minimum absolute atomic E-state index is 0.302. The minimum Gasteiger partial charge on any atom is -0.381 e. The highest BCUT2D eigenvalue weighted by molar-refractivity contribution is 6.23. The third-order valence-corrected chi connectivity index (χ3v) is 7.66. The summed E-state index contributed by atoms with van der Waals surface area (Å²) < 4.78 is 5.56. The number of aliphatic imine (C=N–C) groups is 2. The molecular weight excluding hydrogens is 436 g/mol. The van der Waals surface area contributed by atoms with Gasteiger partial charge in [-0.15, -0.1) is 0 Å². The van der Waals surface area contributed by atoms with Gasteiger partial charge in [0.25, 0.3) is 0 Å². The van der Waals surface area contributed by atoms with Crippen LogP contribution in [0.1, 0.15) is 73.9 Å². The number of aromatic nitrogens is 2. The van der Waals surface area contributed by atoms with Gasteiger partial charge in [-0.05, 0) is 69.3 Å². The second kappa shape index (κ2) is 9.99. The molecule has 0 radical (unpaired) electrons. The number of nitrogens with zero attached hydrogens (tertiary/aromatic N) is 4. The topological polar surface area (TPSA) is 89.7 Å². The van der Waals surface area contributed by atoms with Crippen LogP contribution in [0.5, 0.6) is 0 Å². The molecule has 0 bridgehead atoms. The molecule has 0 amide bonds. The van der Waals surface area contributed by atoms with Crippen molar-refractivity contribution in [1.82, 2.24) is 14.9 Å². The molecule has 3 aliphatic rings. The number of allylic oxidation sites excluding steroid dienone is 1. The molecule has 35 heavy (non-hydrogen) atoms. The first-order chi connectivity index (χ1) is 17.0. The zero-order chi connectivity index (χ0) is 24.5. The SMILES string of the molecule is C=C1C=C(c2[nH]c3cc(C)c(C4CCN(C5CCOCC5)CC4)nc3c2C(C)C)C=NC1=NC=N. The van der Waals surface area contributed by atoms with E-state index >= 15 is 0 Å². The summed E-state index contributed by atoms with van der Waals surface area (Å²) in [6.45, 7) is 14.8. The van der Waals surface area contributed by atoms with Gasteiger partial charge < -0.3 is 14.6 Å². The van der Waals surface area contributed by atoms with Crippen LogP contribution in [-0.4, -0.2) is 65.6 Å². The smallest absolute Gasteiger partial charge is 0.160 e. The van der Waals surface area contributed by atoms with Crippen molar-refractivity contribution in [3.63, 3.8) is 0 Å². The van der Waals surface area contributed by atoms with Gasteiger partial charge in [-0.25, -0.2) is 9.98 Å². The lowest BCUT2D eigenvalue weighted by molar-refractivity contribution is 0.0250. The molecule has 2 fully saturated rings. The van der Waals surface area contributed by atoms with Gasteiger partial charge in [0.2, 0.25) is 0 Å². The predicted octanol–water partition coefficient (Wildman–Crippen LogP) is 5.38. The van der Waals surface area contributed by atoms with Crippen LogP contribution in [0.2, 0.25) is 0 Å². The number of hydrogen-bond donors (Lipinski definition) is 2. The Balaban J connectivity index is 1.45. The van der Waals surface area contributed by atoms with Crippen LogP contribution < -0.4 is 0 Å². The average Bonchev–Trinajstić information content (AvgIpc) is 3.24. The van der Waals surface area contributed by atoms with Crippen molar-refractivity contribution in [3.05, 3.63) is 46.8 Å².